The van der Waals surface area contributed by atoms with Gasteiger partial charge in [0, 0.05) is 24.5 Å². The van der Waals surface area contributed by atoms with Crippen LogP contribution in [-0.2, 0) is 0 Å². The van der Waals surface area contributed by atoms with Gasteiger partial charge in [0.1, 0.15) is 5.75 Å². The third-order valence-electron chi connectivity index (χ3n) is 1.45. The summed E-state index contributed by atoms with van der Waals surface area (Å²) < 4.78 is 5.34. The van der Waals surface area contributed by atoms with Crippen molar-refractivity contribution >= 4 is 11.6 Å². The summed E-state index contributed by atoms with van der Waals surface area (Å²) in [6.45, 7) is 0. The molecular formula is C9H6ClN3O. The minimum Gasteiger partial charge on any atom is -0.436 e. The number of nitrogens with zero attached hydrogens (tertiary/aromatic N) is 3. The topological polar surface area (TPSA) is 47.9 Å². The average Bonchev–Trinajstić information content (AvgIpc) is 2.19. The van der Waals surface area contributed by atoms with Crippen molar-refractivity contribution in [3.8, 4) is 11.6 Å². The molecule has 0 amide bonds. The SMILES string of the molecule is Clc1cncc(Oc2cccnn2)c1. The Morgan fingerprint density at radius 2 is 2.21 bits per heavy atom. The van der Waals surface area contributed by atoms with Gasteiger partial charge in [-0.05, 0) is 6.07 Å². The first kappa shape index (κ1) is 8.90. The fraction of sp³-hybridized carbons (Fsp3) is 0. The van der Waals surface area contributed by atoms with Gasteiger partial charge in [-0.2, -0.15) is 5.10 Å². The van der Waals surface area contributed by atoms with Crippen molar-refractivity contribution in [3.05, 3.63) is 41.8 Å². The van der Waals surface area contributed by atoms with E-state index in [1.165, 1.54) is 6.20 Å². The third kappa shape index (κ3) is 2.17. The maximum absolute atomic E-state index is 5.73. The normalized spacial score (nSPS) is 9.79. The van der Waals surface area contributed by atoms with E-state index in [-0.39, 0.29) is 0 Å². The first-order valence-electron chi connectivity index (χ1n) is 3.91. The molecule has 0 N–H and O–H groups in total. The minimum absolute atomic E-state index is 0.413. The molecule has 0 aliphatic rings. The average molecular weight is 208 g/mol. The molecule has 14 heavy (non-hydrogen) atoms. The van der Waals surface area contributed by atoms with Crippen molar-refractivity contribution in [3.63, 3.8) is 0 Å². The van der Waals surface area contributed by atoms with Crippen LogP contribution in [0.15, 0.2) is 36.8 Å². The van der Waals surface area contributed by atoms with Crippen LogP contribution in [0.4, 0.5) is 0 Å². The summed E-state index contributed by atoms with van der Waals surface area (Å²) in [4.78, 5) is 3.88. The number of ether oxygens (including phenoxy) is 1. The molecule has 2 aromatic heterocycles. The standard InChI is InChI=1S/C9H6ClN3O/c10-7-4-8(6-11-5-7)14-9-2-1-3-12-13-9/h1-6H. The van der Waals surface area contributed by atoms with Crippen LogP contribution < -0.4 is 4.74 Å². The summed E-state index contributed by atoms with van der Waals surface area (Å²) in [7, 11) is 0. The zero-order valence-electron chi connectivity index (χ0n) is 7.09. The molecule has 4 nitrogen and oxygen atoms in total. The monoisotopic (exact) mass is 207 g/mol. The Balaban J connectivity index is 2.19. The summed E-state index contributed by atoms with van der Waals surface area (Å²) in [5.74, 6) is 0.953. The molecule has 2 heterocycles. The van der Waals surface area contributed by atoms with Crippen LogP contribution in [0, 0.1) is 0 Å². The lowest BCUT2D eigenvalue weighted by Gasteiger charge is -2.02. The molecule has 0 saturated heterocycles. The summed E-state index contributed by atoms with van der Waals surface area (Å²) in [5, 5.41) is 7.96. The maximum Gasteiger partial charge on any atom is 0.238 e. The molecule has 0 unspecified atom stereocenters. The maximum atomic E-state index is 5.73. The van der Waals surface area contributed by atoms with Crippen LogP contribution in [0.2, 0.25) is 5.02 Å². The van der Waals surface area contributed by atoms with Crippen molar-refractivity contribution in [1.29, 1.82) is 0 Å². The molecule has 0 aliphatic heterocycles. The molecule has 0 aromatic carbocycles. The minimum atomic E-state index is 0.413. The summed E-state index contributed by atoms with van der Waals surface area (Å²) >= 11 is 5.73. The molecule has 5 heteroatoms. The first-order chi connectivity index (χ1) is 6.84. The van der Waals surface area contributed by atoms with Gasteiger partial charge in [0.25, 0.3) is 0 Å². The fourth-order valence-corrected chi connectivity index (χ4v) is 1.07. The van der Waals surface area contributed by atoms with E-state index in [1.54, 1.807) is 30.6 Å². The number of halogens is 1. The lowest BCUT2D eigenvalue weighted by Crippen LogP contribution is -1.89. The molecule has 0 radical (unpaired) electrons. The number of hydrogen-bond donors (Lipinski definition) is 0. The smallest absolute Gasteiger partial charge is 0.238 e. The van der Waals surface area contributed by atoms with Crippen LogP contribution in [0.3, 0.4) is 0 Å². The molecule has 0 fully saturated rings. The Labute approximate surface area is 85.5 Å². The van der Waals surface area contributed by atoms with Gasteiger partial charge in [-0.3, -0.25) is 4.98 Å². The first-order valence-corrected chi connectivity index (χ1v) is 4.28. The second-order valence-electron chi connectivity index (χ2n) is 2.50. The third-order valence-corrected chi connectivity index (χ3v) is 1.66. The zero-order chi connectivity index (χ0) is 9.80. The van der Waals surface area contributed by atoms with Gasteiger partial charge in [-0.1, -0.05) is 11.6 Å². The number of pyridine rings is 1. The molecule has 0 bridgehead atoms. The van der Waals surface area contributed by atoms with Crippen LogP contribution in [0.25, 0.3) is 0 Å². The number of rotatable bonds is 2. The van der Waals surface area contributed by atoms with Gasteiger partial charge in [-0.25, -0.2) is 0 Å². The van der Waals surface area contributed by atoms with E-state index < -0.39 is 0 Å². The number of hydrogen-bond acceptors (Lipinski definition) is 4. The van der Waals surface area contributed by atoms with Gasteiger partial charge >= 0.3 is 0 Å². The van der Waals surface area contributed by atoms with Crippen LogP contribution in [0.5, 0.6) is 11.6 Å². The Hall–Kier alpha value is -1.68. The van der Waals surface area contributed by atoms with E-state index >= 15 is 0 Å². The quantitative estimate of drug-likeness (QED) is 0.758. The predicted molar refractivity (Wildman–Crippen MR) is 51.4 cm³/mol. The van der Waals surface area contributed by atoms with E-state index in [2.05, 4.69) is 15.2 Å². The zero-order valence-corrected chi connectivity index (χ0v) is 7.85. The lowest BCUT2D eigenvalue weighted by atomic mass is 10.4. The van der Waals surface area contributed by atoms with Gasteiger partial charge in [-0.15, -0.1) is 5.10 Å². The second kappa shape index (κ2) is 4.02. The van der Waals surface area contributed by atoms with Crippen molar-refractivity contribution in [2.24, 2.45) is 0 Å². The van der Waals surface area contributed by atoms with E-state index in [1.807, 2.05) is 0 Å². The number of aromatic nitrogens is 3. The largest absolute Gasteiger partial charge is 0.436 e. The summed E-state index contributed by atoms with van der Waals surface area (Å²) in [5.41, 5.74) is 0. The van der Waals surface area contributed by atoms with E-state index in [4.69, 9.17) is 16.3 Å². The van der Waals surface area contributed by atoms with Gasteiger partial charge in [0.15, 0.2) is 0 Å². The van der Waals surface area contributed by atoms with Crippen LogP contribution in [0.1, 0.15) is 0 Å². The molecular weight excluding hydrogens is 202 g/mol. The van der Waals surface area contributed by atoms with Crippen molar-refractivity contribution in [2.45, 2.75) is 0 Å². The Morgan fingerprint density at radius 1 is 1.29 bits per heavy atom. The summed E-state index contributed by atoms with van der Waals surface area (Å²) in [6.07, 6.45) is 4.66. The molecule has 2 rings (SSSR count). The second-order valence-corrected chi connectivity index (χ2v) is 2.94. The molecule has 0 spiro atoms. The van der Waals surface area contributed by atoms with Crippen molar-refractivity contribution in [2.75, 3.05) is 0 Å². The fourth-order valence-electron chi connectivity index (χ4n) is 0.911. The predicted octanol–water partition coefficient (Wildman–Crippen LogP) is 2.32. The molecule has 70 valence electrons. The Morgan fingerprint density at radius 3 is 2.93 bits per heavy atom. The summed E-state index contributed by atoms with van der Waals surface area (Å²) in [6, 6.07) is 5.09. The molecule has 0 saturated carbocycles. The highest BCUT2D eigenvalue weighted by atomic mass is 35.5. The van der Waals surface area contributed by atoms with Gasteiger partial charge in [0.05, 0.1) is 11.2 Å². The van der Waals surface area contributed by atoms with E-state index in [0.29, 0.717) is 16.7 Å². The van der Waals surface area contributed by atoms with Crippen LogP contribution in [-0.4, -0.2) is 15.2 Å². The van der Waals surface area contributed by atoms with E-state index in [0.717, 1.165) is 0 Å². The van der Waals surface area contributed by atoms with Gasteiger partial charge in [0.2, 0.25) is 5.88 Å². The Bertz CT molecular complexity index is 421. The highest BCUT2D eigenvalue weighted by molar-refractivity contribution is 6.30. The molecule has 2 aromatic rings. The molecule has 0 aliphatic carbocycles. The van der Waals surface area contributed by atoms with E-state index in [9.17, 15) is 0 Å². The lowest BCUT2D eigenvalue weighted by molar-refractivity contribution is 0.453. The van der Waals surface area contributed by atoms with Crippen molar-refractivity contribution < 1.29 is 4.74 Å². The highest BCUT2D eigenvalue weighted by Crippen LogP contribution is 2.20. The van der Waals surface area contributed by atoms with Gasteiger partial charge < -0.3 is 4.74 Å². The van der Waals surface area contributed by atoms with Crippen molar-refractivity contribution in [1.82, 2.24) is 15.2 Å². The highest BCUT2D eigenvalue weighted by Gasteiger charge is 1.98. The Kier molecular flexibility index (Phi) is 2.55. The van der Waals surface area contributed by atoms with Crippen LogP contribution >= 0.6 is 11.6 Å². The molecule has 0 atom stereocenters.